The van der Waals surface area contributed by atoms with Gasteiger partial charge in [0.25, 0.3) is 0 Å². The SMILES string of the molecule is CCOC(=O)c1cnc2c(cc(F)c3[nH]c(-c4ccc(OC)cc4)c(-c4ccc(OC)cc4)nc32)c1=O. The van der Waals surface area contributed by atoms with Crippen LogP contribution < -0.4 is 14.9 Å². The highest BCUT2D eigenvalue weighted by atomic mass is 19.1. The van der Waals surface area contributed by atoms with Crippen molar-refractivity contribution in [2.24, 2.45) is 0 Å². The van der Waals surface area contributed by atoms with Crippen molar-refractivity contribution in [2.45, 2.75) is 6.92 Å². The van der Waals surface area contributed by atoms with E-state index < -0.39 is 17.2 Å². The summed E-state index contributed by atoms with van der Waals surface area (Å²) in [6, 6.07) is 15.6. The van der Waals surface area contributed by atoms with Crippen LogP contribution in [-0.2, 0) is 4.74 Å². The van der Waals surface area contributed by atoms with E-state index in [9.17, 15) is 9.59 Å². The molecule has 2 aromatic heterocycles. The van der Waals surface area contributed by atoms with Crippen molar-refractivity contribution in [1.29, 1.82) is 0 Å². The fourth-order valence-corrected chi connectivity index (χ4v) is 4.12. The third-order valence-electron chi connectivity index (χ3n) is 5.99. The molecule has 3 aromatic carbocycles. The number of esters is 1. The van der Waals surface area contributed by atoms with Crippen molar-refractivity contribution in [3.63, 3.8) is 0 Å². The molecular weight excluding hydrogens is 477 g/mol. The van der Waals surface area contributed by atoms with Gasteiger partial charge in [-0.05, 0) is 61.5 Å². The van der Waals surface area contributed by atoms with Gasteiger partial charge in [0.1, 0.15) is 39.4 Å². The number of halogens is 1. The van der Waals surface area contributed by atoms with Crippen molar-refractivity contribution in [3.05, 3.63) is 82.4 Å². The molecule has 1 N–H and O–H groups in total. The third kappa shape index (κ3) is 4.24. The Balaban J connectivity index is 1.82. The highest BCUT2D eigenvalue weighted by Gasteiger charge is 2.21. The summed E-state index contributed by atoms with van der Waals surface area (Å²) >= 11 is 0. The Kier molecular flexibility index (Phi) is 6.27. The smallest absolute Gasteiger partial charge is 0.343 e. The zero-order valence-corrected chi connectivity index (χ0v) is 20.3. The highest BCUT2D eigenvalue weighted by molar-refractivity contribution is 6.05. The molecule has 0 aliphatic carbocycles. The Morgan fingerprint density at radius 1 is 0.946 bits per heavy atom. The quantitative estimate of drug-likeness (QED) is 0.255. The van der Waals surface area contributed by atoms with Gasteiger partial charge in [-0.3, -0.25) is 9.78 Å². The molecular formula is C28H22FN3O5. The molecule has 9 heteroatoms. The fraction of sp³-hybridized carbons (Fsp3) is 0.143. The van der Waals surface area contributed by atoms with Gasteiger partial charge in [-0.25, -0.2) is 14.2 Å². The summed E-state index contributed by atoms with van der Waals surface area (Å²) in [5.41, 5.74) is 2.01. The second-order valence-electron chi connectivity index (χ2n) is 8.12. The van der Waals surface area contributed by atoms with Crippen LogP contribution >= 0.6 is 0 Å². The number of hydrogen-bond acceptors (Lipinski definition) is 7. The molecule has 5 aromatic rings. The zero-order valence-electron chi connectivity index (χ0n) is 20.3. The first kappa shape index (κ1) is 23.9. The van der Waals surface area contributed by atoms with Gasteiger partial charge < -0.3 is 19.2 Å². The first-order valence-corrected chi connectivity index (χ1v) is 11.5. The Morgan fingerprint density at radius 2 is 1.57 bits per heavy atom. The van der Waals surface area contributed by atoms with E-state index in [-0.39, 0.29) is 34.1 Å². The molecule has 186 valence electrons. The van der Waals surface area contributed by atoms with Gasteiger partial charge in [0.05, 0.1) is 37.6 Å². The molecule has 37 heavy (non-hydrogen) atoms. The maximum absolute atomic E-state index is 15.4. The number of aromatic amines is 1. The highest BCUT2D eigenvalue weighted by Crippen LogP contribution is 2.34. The normalized spacial score (nSPS) is 11.0. The van der Waals surface area contributed by atoms with E-state index in [2.05, 4.69) is 9.97 Å². The first-order valence-electron chi connectivity index (χ1n) is 11.5. The Hall–Kier alpha value is -4.79. The molecule has 5 rings (SSSR count). The summed E-state index contributed by atoms with van der Waals surface area (Å²) < 4.78 is 30.9. The number of fused-ring (bicyclic) bond motifs is 3. The van der Waals surface area contributed by atoms with Crippen LogP contribution in [0.25, 0.3) is 44.5 Å². The van der Waals surface area contributed by atoms with Crippen molar-refractivity contribution in [2.75, 3.05) is 20.8 Å². The second kappa shape index (κ2) is 9.69. The average molecular weight is 499 g/mol. The number of nitrogens with one attached hydrogen (secondary N) is 1. The van der Waals surface area contributed by atoms with E-state index in [1.807, 2.05) is 24.3 Å². The lowest BCUT2D eigenvalue weighted by Gasteiger charge is -2.14. The number of methoxy groups -OCH3 is 2. The summed E-state index contributed by atoms with van der Waals surface area (Å²) in [6.45, 7) is 1.73. The minimum absolute atomic E-state index is 0.0608. The van der Waals surface area contributed by atoms with E-state index in [4.69, 9.17) is 19.2 Å². The molecule has 0 saturated heterocycles. The number of carbonyl (C=O) groups is 1. The number of rotatable bonds is 6. The summed E-state index contributed by atoms with van der Waals surface area (Å²) in [6.07, 6.45) is 1.14. The van der Waals surface area contributed by atoms with Gasteiger partial charge in [0.15, 0.2) is 0 Å². The van der Waals surface area contributed by atoms with Gasteiger partial charge in [0, 0.05) is 17.3 Å². The first-order chi connectivity index (χ1) is 17.9. The molecule has 0 spiro atoms. The monoisotopic (exact) mass is 499 g/mol. The number of pyridine rings is 1. The summed E-state index contributed by atoms with van der Waals surface area (Å²) in [4.78, 5) is 37.5. The number of ether oxygens (including phenoxy) is 3. The lowest BCUT2D eigenvalue weighted by atomic mass is 10.0. The van der Waals surface area contributed by atoms with Crippen LogP contribution in [0.5, 0.6) is 11.5 Å². The van der Waals surface area contributed by atoms with Crippen molar-refractivity contribution in [3.8, 4) is 34.0 Å². The molecule has 0 saturated carbocycles. The molecule has 0 aliphatic heterocycles. The Bertz CT molecular complexity index is 1700. The van der Waals surface area contributed by atoms with Crippen LogP contribution in [0.4, 0.5) is 4.39 Å². The van der Waals surface area contributed by atoms with Crippen molar-refractivity contribution in [1.82, 2.24) is 15.0 Å². The van der Waals surface area contributed by atoms with Gasteiger partial charge in [-0.1, -0.05) is 0 Å². The van der Waals surface area contributed by atoms with Crippen LogP contribution in [-0.4, -0.2) is 41.7 Å². The fourth-order valence-electron chi connectivity index (χ4n) is 4.12. The molecule has 0 atom stereocenters. The lowest BCUT2D eigenvalue weighted by molar-refractivity contribution is 0.0524. The maximum atomic E-state index is 15.4. The molecule has 2 heterocycles. The number of H-pyrrole nitrogens is 1. The minimum Gasteiger partial charge on any atom is -0.497 e. The lowest BCUT2D eigenvalue weighted by Crippen LogP contribution is -2.18. The number of hydrogen-bond donors (Lipinski definition) is 1. The van der Waals surface area contributed by atoms with Gasteiger partial charge in [0.2, 0.25) is 5.43 Å². The number of aromatic nitrogens is 3. The van der Waals surface area contributed by atoms with Gasteiger partial charge in [-0.15, -0.1) is 0 Å². The van der Waals surface area contributed by atoms with Gasteiger partial charge in [-0.2, -0.15) is 0 Å². The average Bonchev–Trinajstić information content (AvgIpc) is 2.93. The number of nitrogens with zero attached hydrogens (tertiary/aromatic N) is 2. The topological polar surface area (TPSA) is 103 Å². The standard InChI is InChI=1S/C28H22FN3O5/c1-4-37-28(34)20-14-30-24-19(27(20)33)13-21(29)25-26(24)32-23(16-7-11-18(36-3)12-8-16)22(31-25)15-5-9-17(35-2)10-6-15/h5-14,31H,4H2,1-3H3. The third-order valence-corrected chi connectivity index (χ3v) is 5.99. The van der Waals surface area contributed by atoms with E-state index in [0.717, 1.165) is 23.4 Å². The van der Waals surface area contributed by atoms with E-state index >= 15 is 4.39 Å². The Morgan fingerprint density at radius 3 is 2.16 bits per heavy atom. The van der Waals surface area contributed by atoms with Crippen LogP contribution in [0.3, 0.4) is 0 Å². The number of benzene rings is 3. The molecule has 0 unspecified atom stereocenters. The van der Waals surface area contributed by atoms with Crippen LogP contribution in [0.1, 0.15) is 17.3 Å². The van der Waals surface area contributed by atoms with E-state index in [1.54, 1.807) is 45.4 Å². The second-order valence-corrected chi connectivity index (χ2v) is 8.12. The Labute approximate surface area is 210 Å². The van der Waals surface area contributed by atoms with Crippen LogP contribution in [0, 0.1) is 5.82 Å². The van der Waals surface area contributed by atoms with E-state index in [0.29, 0.717) is 22.9 Å². The molecule has 8 nitrogen and oxygen atoms in total. The minimum atomic E-state index is -0.810. The molecule has 0 bridgehead atoms. The molecule has 0 amide bonds. The summed E-state index contributed by atoms with van der Waals surface area (Å²) in [5, 5.41) is -0.0608. The van der Waals surface area contributed by atoms with Gasteiger partial charge >= 0.3 is 5.97 Å². The van der Waals surface area contributed by atoms with Crippen molar-refractivity contribution >= 4 is 27.9 Å². The molecule has 0 radical (unpaired) electrons. The zero-order chi connectivity index (χ0) is 26.1. The van der Waals surface area contributed by atoms with Crippen LogP contribution in [0.15, 0.2) is 65.6 Å². The van der Waals surface area contributed by atoms with Crippen molar-refractivity contribution < 1.29 is 23.4 Å². The van der Waals surface area contributed by atoms with E-state index in [1.165, 1.54) is 0 Å². The summed E-state index contributed by atoms with van der Waals surface area (Å²) in [5.74, 6) is -0.174. The predicted octanol–water partition coefficient (Wildman–Crippen LogP) is 5.14. The molecule has 0 fully saturated rings. The van der Waals surface area contributed by atoms with Crippen LogP contribution in [0.2, 0.25) is 0 Å². The predicted molar refractivity (Wildman–Crippen MR) is 138 cm³/mol. The largest absolute Gasteiger partial charge is 0.497 e. The molecule has 0 aliphatic rings. The maximum Gasteiger partial charge on any atom is 0.343 e. The summed E-state index contributed by atoms with van der Waals surface area (Å²) in [7, 11) is 3.15. The number of carbonyl (C=O) groups excluding carboxylic acids is 1.